The number of hydrogen-bond donors (Lipinski definition) is 1. The fraction of sp³-hybridized carbons (Fsp3) is 0.647. The molecule has 2 heterocycles. The van der Waals surface area contributed by atoms with E-state index in [0.717, 1.165) is 32.2 Å². The summed E-state index contributed by atoms with van der Waals surface area (Å²) < 4.78 is 2.05. The molecule has 0 saturated heterocycles. The van der Waals surface area contributed by atoms with Gasteiger partial charge in [-0.05, 0) is 31.7 Å². The van der Waals surface area contributed by atoms with Gasteiger partial charge in [0.05, 0.1) is 6.20 Å². The van der Waals surface area contributed by atoms with Crippen molar-refractivity contribution in [2.75, 3.05) is 0 Å². The van der Waals surface area contributed by atoms with Crippen LogP contribution in [0.25, 0.3) is 0 Å². The molecular formula is C17H23N5O. The Balaban J connectivity index is 1.45. The van der Waals surface area contributed by atoms with Crippen molar-refractivity contribution in [2.24, 2.45) is 10.2 Å². The Morgan fingerprint density at radius 2 is 2.35 bits per heavy atom. The van der Waals surface area contributed by atoms with Gasteiger partial charge in [0.2, 0.25) is 5.91 Å². The highest BCUT2D eigenvalue weighted by atomic mass is 16.1. The quantitative estimate of drug-likeness (QED) is 0.784. The first-order valence-electron chi connectivity index (χ1n) is 8.36. The summed E-state index contributed by atoms with van der Waals surface area (Å²) in [6.45, 7) is 3.00. The Morgan fingerprint density at radius 1 is 1.52 bits per heavy atom. The molecule has 1 aromatic heterocycles. The third kappa shape index (κ3) is 3.61. The fourth-order valence-electron chi connectivity index (χ4n) is 3.27. The van der Waals surface area contributed by atoms with Crippen LogP contribution in [0.3, 0.4) is 0 Å². The SMILES string of the molecule is C#CCCC1(CCC(=O)NC2CCc3c(cnn3CC)C2)N=N1. The Morgan fingerprint density at radius 3 is 3.04 bits per heavy atom. The zero-order valence-corrected chi connectivity index (χ0v) is 13.6. The third-order valence-corrected chi connectivity index (χ3v) is 4.70. The number of carbonyl (C=O) groups is 1. The van der Waals surface area contributed by atoms with Crippen LogP contribution in [0.4, 0.5) is 0 Å². The monoisotopic (exact) mass is 313 g/mol. The van der Waals surface area contributed by atoms with Gasteiger partial charge in [0, 0.05) is 44.0 Å². The van der Waals surface area contributed by atoms with Crippen molar-refractivity contribution in [3.05, 3.63) is 17.5 Å². The Kier molecular flexibility index (Phi) is 4.46. The summed E-state index contributed by atoms with van der Waals surface area (Å²) in [7, 11) is 0. The van der Waals surface area contributed by atoms with Gasteiger partial charge in [-0.15, -0.1) is 12.3 Å². The van der Waals surface area contributed by atoms with Gasteiger partial charge in [0.1, 0.15) is 0 Å². The molecule has 1 amide bonds. The van der Waals surface area contributed by atoms with Crippen LogP contribution in [0.5, 0.6) is 0 Å². The second-order valence-electron chi connectivity index (χ2n) is 6.33. The highest BCUT2D eigenvalue weighted by Crippen LogP contribution is 2.37. The van der Waals surface area contributed by atoms with E-state index in [1.165, 1.54) is 11.3 Å². The minimum atomic E-state index is -0.369. The topological polar surface area (TPSA) is 71.6 Å². The highest BCUT2D eigenvalue weighted by Gasteiger charge is 2.39. The number of aryl methyl sites for hydroxylation is 1. The molecule has 1 unspecified atom stereocenters. The number of fused-ring (bicyclic) bond motifs is 1. The third-order valence-electron chi connectivity index (χ3n) is 4.70. The smallest absolute Gasteiger partial charge is 0.220 e. The second-order valence-corrected chi connectivity index (χ2v) is 6.33. The number of amides is 1. The Bertz CT molecular complexity index is 648. The van der Waals surface area contributed by atoms with E-state index in [1.807, 2.05) is 6.20 Å². The van der Waals surface area contributed by atoms with E-state index >= 15 is 0 Å². The lowest BCUT2D eigenvalue weighted by molar-refractivity contribution is -0.122. The van der Waals surface area contributed by atoms with Crippen molar-refractivity contribution >= 4 is 5.91 Å². The summed E-state index contributed by atoms with van der Waals surface area (Å²) in [5.74, 6) is 2.69. The molecule has 0 saturated carbocycles. The van der Waals surface area contributed by atoms with Crippen LogP contribution >= 0.6 is 0 Å². The van der Waals surface area contributed by atoms with Crippen LogP contribution in [0.2, 0.25) is 0 Å². The molecule has 0 spiro atoms. The van der Waals surface area contributed by atoms with Gasteiger partial charge in [-0.1, -0.05) is 0 Å². The van der Waals surface area contributed by atoms with E-state index in [1.54, 1.807) is 0 Å². The zero-order chi connectivity index (χ0) is 16.3. The standard InChI is InChI=1S/C17H23N5O/c1-3-5-9-17(20-21-17)10-8-16(23)19-14-6-7-15-13(11-14)12-18-22(15)4-2/h1,12,14H,4-11H2,2H3,(H,19,23). The summed E-state index contributed by atoms with van der Waals surface area (Å²) in [5.41, 5.74) is 2.22. The maximum Gasteiger partial charge on any atom is 0.220 e. The normalized spacial score (nSPS) is 20.6. The van der Waals surface area contributed by atoms with Crippen LogP contribution in [-0.4, -0.2) is 27.4 Å². The van der Waals surface area contributed by atoms with E-state index in [-0.39, 0.29) is 17.6 Å². The van der Waals surface area contributed by atoms with Crippen LogP contribution in [-0.2, 0) is 24.2 Å². The molecule has 23 heavy (non-hydrogen) atoms. The van der Waals surface area contributed by atoms with Gasteiger partial charge in [-0.25, -0.2) is 0 Å². The number of terminal acetylenes is 1. The van der Waals surface area contributed by atoms with Gasteiger partial charge in [0.15, 0.2) is 5.66 Å². The van der Waals surface area contributed by atoms with Gasteiger partial charge in [-0.3, -0.25) is 9.48 Å². The van der Waals surface area contributed by atoms with Gasteiger partial charge >= 0.3 is 0 Å². The Labute approximate surface area is 136 Å². The average molecular weight is 313 g/mol. The molecule has 0 aromatic carbocycles. The summed E-state index contributed by atoms with van der Waals surface area (Å²) in [5, 5.41) is 15.7. The number of carbonyl (C=O) groups excluding carboxylic acids is 1. The van der Waals surface area contributed by atoms with Crippen molar-refractivity contribution in [2.45, 2.75) is 70.1 Å². The first-order valence-corrected chi connectivity index (χ1v) is 8.36. The molecule has 122 valence electrons. The van der Waals surface area contributed by atoms with Crippen molar-refractivity contribution in [3.8, 4) is 12.3 Å². The molecular weight excluding hydrogens is 290 g/mol. The molecule has 1 aliphatic heterocycles. The molecule has 6 heteroatoms. The molecule has 6 nitrogen and oxygen atoms in total. The van der Waals surface area contributed by atoms with Crippen molar-refractivity contribution in [1.29, 1.82) is 0 Å². The maximum absolute atomic E-state index is 12.2. The molecule has 1 aromatic rings. The number of nitrogens with zero attached hydrogens (tertiary/aromatic N) is 4. The molecule has 2 aliphatic rings. The molecule has 0 fully saturated rings. The molecule has 3 rings (SSSR count). The highest BCUT2D eigenvalue weighted by molar-refractivity contribution is 5.76. The lowest BCUT2D eigenvalue weighted by atomic mass is 9.93. The molecule has 0 radical (unpaired) electrons. The predicted molar refractivity (Wildman–Crippen MR) is 86.7 cm³/mol. The second kappa shape index (κ2) is 6.53. The summed E-state index contributed by atoms with van der Waals surface area (Å²) in [6, 6.07) is 0.208. The number of nitrogens with one attached hydrogen (secondary N) is 1. The molecule has 1 N–H and O–H groups in total. The van der Waals surface area contributed by atoms with Crippen molar-refractivity contribution in [3.63, 3.8) is 0 Å². The summed E-state index contributed by atoms with van der Waals surface area (Å²) in [6.07, 6.45) is 12.6. The summed E-state index contributed by atoms with van der Waals surface area (Å²) in [4.78, 5) is 12.2. The first kappa shape index (κ1) is 15.7. The van der Waals surface area contributed by atoms with E-state index in [4.69, 9.17) is 6.42 Å². The Hall–Kier alpha value is -2.16. The van der Waals surface area contributed by atoms with Crippen LogP contribution in [0, 0.1) is 12.3 Å². The van der Waals surface area contributed by atoms with Gasteiger partial charge < -0.3 is 5.32 Å². The zero-order valence-electron chi connectivity index (χ0n) is 13.6. The average Bonchev–Trinajstić information content (AvgIpc) is 3.22. The number of hydrogen-bond acceptors (Lipinski definition) is 4. The minimum Gasteiger partial charge on any atom is -0.353 e. The van der Waals surface area contributed by atoms with Gasteiger partial charge in [0.25, 0.3) is 0 Å². The van der Waals surface area contributed by atoms with E-state index in [2.05, 4.69) is 38.2 Å². The number of aromatic nitrogens is 2. The predicted octanol–water partition coefficient (Wildman–Crippen LogP) is 2.23. The van der Waals surface area contributed by atoms with E-state index in [0.29, 0.717) is 19.3 Å². The first-order chi connectivity index (χ1) is 11.2. The molecule has 1 aliphatic carbocycles. The number of rotatable bonds is 7. The largest absolute Gasteiger partial charge is 0.353 e. The fourth-order valence-corrected chi connectivity index (χ4v) is 3.27. The lowest BCUT2D eigenvalue weighted by Crippen LogP contribution is -2.39. The maximum atomic E-state index is 12.2. The van der Waals surface area contributed by atoms with Crippen LogP contribution < -0.4 is 5.32 Å². The van der Waals surface area contributed by atoms with Gasteiger partial charge in [-0.2, -0.15) is 15.3 Å². The molecule has 1 atom stereocenters. The minimum absolute atomic E-state index is 0.0821. The molecule has 0 bridgehead atoms. The van der Waals surface area contributed by atoms with Crippen molar-refractivity contribution < 1.29 is 4.79 Å². The summed E-state index contributed by atoms with van der Waals surface area (Å²) >= 11 is 0. The van der Waals surface area contributed by atoms with Crippen LogP contribution in [0.1, 0.15) is 50.3 Å². The lowest BCUT2D eigenvalue weighted by Gasteiger charge is -2.24. The van der Waals surface area contributed by atoms with E-state index in [9.17, 15) is 4.79 Å². The van der Waals surface area contributed by atoms with Crippen molar-refractivity contribution in [1.82, 2.24) is 15.1 Å². The van der Waals surface area contributed by atoms with Crippen LogP contribution in [0.15, 0.2) is 16.4 Å². The van der Waals surface area contributed by atoms with E-state index < -0.39 is 0 Å².